The van der Waals surface area contributed by atoms with Gasteiger partial charge in [0.05, 0.1) is 23.0 Å². The first-order valence-electron chi connectivity index (χ1n) is 10.7. The fourth-order valence-corrected chi connectivity index (χ4v) is 5.75. The molecule has 1 aliphatic heterocycles. The van der Waals surface area contributed by atoms with Gasteiger partial charge in [-0.2, -0.15) is 0 Å². The highest BCUT2D eigenvalue weighted by atomic mass is 35.5. The van der Waals surface area contributed by atoms with Crippen molar-refractivity contribution in [3.63, 3.8) is 0 Å². The lowest BCUT2D eigenvalue weighted by Crippen LogP contribution is -2.38. The first-order chi connectivity index (χ1) is 15.4. The highest BCUT2D eigenvalue weighted by Crippen LogP contribution is 2.52. The predicted octanol–water partition coefficient (Wildman–Crippen LogP) is 2.60. The number of aromatic nitrogens is 4. The topological polar surface area (TPSA) is 122 Å². The van der Waals surface area contributed by atoms with E-state index in [0.717, 1.165) is 21.9 Å². The highest BCUT2D eigenvalue weighted by molar-refractivity contribution is 6.33. The zero-order chi connectivity index (χ0) is 22.0. The van der Waals surface area contributed by atoms with Crippen molar-refractivity contribution in [3.8, 4) is 0 Å². The minimum atomic E-state index is -0.905. The number of aliphatic hydroxyl groups excluding tert-OH is 2. The molecule has 0 radical (unpaired) electrons. The largest absolute Gasteiger partial charge is 0.390 e. The summed E-state index contributed by atoms with van der Waals surface area (Å²) in [6.45, 7) is 0.615. The van der Waals surface area contributed by atoms with Gasteiger partial charge in [-0.1, -0.05) is 23.7 Å². The zero-order valence-corrected chi connectivity index (χ0v) is 17.9. The van der Waals surface area contributed by atoms with Crippen LogP contribution in [0.5, 0.6) is 0 Å². The number of fused-ring (bicyclic) bond motifs is 2. The molecule has 6 rings (SSSR count). The number of hydrogen-bond donors (Lipinski definition) is 4. The van der Waals surface area contributed by atoms with E-state index < -0.39 is 17.6 Å². The molecule has 9 heteroatoms. The molecule has 1 saturated heterocycles. The maximum absolute atomic E-state index is 11.1. The average molecular weight is 451 g/mol. The normalized spacial score (nSPS) is 30.1. The number of benzene rings is 1. The van der Waals surface area contributed by atoms with Crippen molar-refractivity contribution in [2.45, 2.75) is 37.1 Å². The molecule has 8 nitrogen and oxygen atoms in total. The fraction of sp³-hybridized carbons (Fsp3) is 0.348. The van der Waals surface area contributed by atoms with E-state index in [9.17, 15) is 10.2 Å². The summed E-state index contributed by atoms with van der Waals surface area (Å²) in [7, 11) is 0. The van der Waals surface area contributed by atoms with Crippen molar-refractivity contribution in [1.82, 2.24) is 24.8 Å². The van der Waals surface area contributed by atoms with Gasteiger partial charge in [0.1, 0.15) is 29.0 Å². The molecule has 0 bridgehead atoms. The third-order valence-corrected chi connectivity index (χ3v) is 7.53. The minimum absolute atomic E-state index is 0.0569. The molecule has 1 aromatic carbocycles. The van der Waals surface area contributed by atoms with Crippen molar-refractivity contribution in [2.75, 3.05) is 12.3 Å². The van der Waals surface area contributed by atoms with E-state index >= 15 is 0 Å². The second-order valence-corrected chi connectivity index (χ2v) is 9.38. The van der Waals surface area contributed by atoms with Gasteiger partial charge < -0.3 is 25.8 Å². The van der Waals surface area contributed by atoms with Crippen LogP contribution in [-0.2, 0) is 0 Å². The second-order valence-electron chi connectivity index (χ2n) is 9.02. The van der Waals surface area contributed by atoms with Crippen molar-refractivity contribution < 1.29 is 10.2 Å². The lowest BCUT2D eigenvalue weighted by Gasteiger charge is -2.27. The number of nitrogens with two attached hydrogens (primary N) is 1. The molecule has 2 fully saturated rings. The summed E-state index contributed by atoms with van der Waals surface area (Å²) >= 11 is 6.20. The van der Waals surface area contributed by atoms with Crippen LogP contribution in [0, 0.1) is 5.41 Å². The third kappa shape index (κ3) is 2.91. The van der Waals surface area contributed by atoms with Crippen LogP contribution >= 0.6 is 11.6 Å². The van der Waals surface area contributed by atoms with Crippen LogP contribution in [0.3, 0.4) is 0 Å². The van der Waals surface area contributed by atoms with Gasteiger partial charge in [-0.3, -0.25) is 0 Å². The number of halogens is 1. The van der Waals surface area contributed by atoms with Crippen LogP contribution < -0.4 is 11.1 Å². The summed E-state index contributed by atoms with van der Waals surface area (Å²) in [5, 5.41) is 27.9. The molecular formula is C23H23ClN6O2. The van der Waals surface area contributed by atoms with Gasteiger partial charge in [0.25, 0.3) is 0 Å². The molecule has 3 aromatic heterocycles. The van der Waals surface area contributed by atoms with Crippen LogP contribution in [0.15, 0.2) is 48.9 Å². The first-order valence-corrected chi connectivity index (χ1v) is 11.1. The quantitative estimate of drug-likeness (QED) is 0.346. The summed E-state index contributed by atoms with van der Waals surface area (Å²) < 4.78 is 1.92. The lowest BCUT2D eigenvalue weighted by atomic mass is 9.80. The Morgan fingerprint density at radius 2 is 1.97 bits per heavy atom. The smallest absolute Gasteiger partial charge is 0.145 e. The zero-order valence-electron chi connectivity index (χ0n) is 17.2. The molecule has 1 saturated carbocycles. The van der Waals surface area contributed by atoms with Gasteiger partial charge in [-0.05, 0) is 42.7 Å². The Morgan fingerprint density at radius 1 is 1.12 bits per heavy atom. The van der Waals surface area contributed by atoms with Crippen LogP contribution in [0.4, 0.5) is 5.82 Å². The van der Waals surface area contributed by atoms with Gasteiger partial charge in [-0.25, -0.2) is 15.0 Å². The summed E-state index contributed by atoms with van der Waals surface area (Å²) in [4.78, 5) is 12.8. The van der Waals surface area contributed by atoms with Gasteiger partial charge in [-0.15, -0.1) is 0 Å². The Bertz CT molecular complexity index is 1340. The number of aliphatic hydroxyl groups is 2. The molecule has 0 amide bonds. The number of rotatable bonds is 2. The summed E-state index contributed by atoms with van der Waals surface area (Å²) in [5.41, 5.74) is 8.03. The van der Waals surface area contributed by atoms with E-state index in [1.807, 2.05) is 29.0 Å². The van der Waals surface area contributed by atoms with E-state index in [1.54, 1.807) is 6.07 Å². The van der Waals surface area contributed by atoms with E-state index in [1.165, 1.54) is 6.33 Å². The average Bonchev–Trinajstić information content (AvgIpc) is 3.47. The van der Waals surface area contributed by atoms with E-state index in [2.05, 4.69) is 32.4 Å². The maximum Gasteiger partial charge on any atom is 0.145 e. The van der Waals surface area contributed by atoms with E-state index in [4.69, 9.17) is 17.3 Å². The van der Waals surface area contributed by atoms with Gasteiger partial charge in [0.2, 0.25) is 0 Å². The van der Waals surface area contributed by atoms with Crippen molar-refractivity contribution in [3.05, 3.63) is 59.6 Å². The molecule has 5 atom stereocenters. The van der Waals surface area contributed by atoms with E-state index in [0.29, 0.717) is 36.0 Å². The van der Waals surface area contributed by atoms with Crippen molar-refractivity contribution in [2.24, 2.45) is 5.41 Å². The Morgan fingerprint density at radius 3 is 2.84 bits per heavy atom. The molecule has 32 heavy (non-hydrogen) atoms. The van der Waals surface area contributed by atoms with Crippen molar-refractivity contribution >= 4 is 39.4 Å². The van der Waals surface area contributed by atoms with Crippen LogP contribution in [0.1, 0.15) is 30.5 Å². The number of anilines is 1. The number of pyridine rings is 1. The van der Waals surface area contributed by atoms with E-state index in [-0.39, 0.29) is 12.1 Å². The Kier molecular flexibility index (Phi) is 4.42. The second kappa shape index (κ2) is 7.11. The third-order valence-electron chi connectivity index (χ3n) is 7.23. The number of nitrogen functional groups attached to an aromatic ring is 1. The van der Waals surface area contributed by atoms with Gasteiger partial charge >= 0.3 is 0 Å². The standard InChI is InChI=1S/C23H23ClN6O2/c24-21-14-5-6-30(22(14)28-11-27-21)17-9-23(20(32)19(17)31)8-16(26-10-23)13-2-1-12-3-4-18(25)29-15(12)7-13/h1-7,11,16-17,19-20,26,31-32H,8-10H2,(H2,25,29). The molecule has 5 N–H and O–H groups in total. The molecule has 4 heterocycles. The summed E-state index contributed by atoms with van der Waals surface area (Å²) in [5.74, 6) is 0.491. The Labute approximate surface area is 189 Å². The van der Waals surface area contributed by atoms with Gasteiger partial charge in [0, 0.05) is 29.6 Å². The minimum Gasteiger partial charge on any atom is -0.390 e. The molecule has 2 aliphatic rings. The molecule has 1 aliphatic carbocycles. The monoisotopic (exact) mass is 450 g/mol. The first kappa shape index (κ1) is 19.9. The molecular weight excluding hydrogens is 428 g/mol. The van der Waals surface area contributed by atoms with Crippen LogP contribution in [-0.4, -0.2) is 48.5 Å². The SMILES string of the molecule is Nc1ccc2ccc(C3CC4(CN3)CC(n3ccc5c(Cl)ncnc53)C(O)C4O)cc2n1. The number of nitrogens with zero attached hydrogens (tertiary/aromatic N) is 4. The van der Waals surface area contributed by atoms with Crippen LogP contribution in [0.2, 0.25) is 5.15 Å². The molecule has 164 valence electrons. The fourth-order valence-electron chi connectivity index (χ4n) is 5.56. The molecule has 5 unspecified atom stereocenters. The van der Waals surface area contributed by atoms with Gasteiger partial charge in [0.15, 0.2) is 0 Å². The molecule has 1 spiro atoms. The Balaban J connectivity index is 1.31. The number of hydrogen-bond acceptors (Lipinski definition) is 7. The lowest BCUT2D eigenvalue weighted by molar-refractivity contribution is -0.0218. The molecule has 4 aromatic rings. The maximum atomic E-state index is 11.1. The Hall–Kier alpha value is -2.78. The summed E-state index contributed by atoms with van der Waals surface area (Å²) in [6, 6.07) is 11.6. The number of nitrogens with one attached hydrogen (secondary N) is 1. The van der Waals surface area contributed by atoms with Crippen LogP contribution in [0.25, 0.3) is 21.9 Å². The van der Waals surface area contributed by atoms with Crippen molar-refractivity contribution in [1.29, 1.82) is 0 Å². The highest BCUT2D eigenvalue weighted by Gasteiger charge is 2.56. The summed E-state index contributed by atoms with van der Waals surface area (Å²) in [6.07, 6.45) is 2.87. The predicted molar refractivity (Wildman–Crippen MR) is 122 cm³/mol.